The average Bonchev–Trinajstić information content (AvgIpc) is 3.38. The molecule has 5 rings (SSSR count). The number of aromatic nitrogens is 2. The van der Waals surface area contributed by atoms with Gasteiger partial charge >= 0.3 is 0 Å². The molecule has 0 atom stereocenters. The van der Waals surface area contributed by atoms with E-state index in [2.05, 4.69) is 5.32 Å². The maximum Gasteiger partial charge on any atom is 0.264 e. The average molecular weight is 424 g/mol. The molecule has 2 heterocycles. The summed E-state index contributed by atoms with van der Waals surface area (Å²) in [5.74, 6) is -0.0908. The van der Waals surface area contributed by atoms with Gasteiger partial charge in [-0.1, -0.05) is 102 Å². The van der Waals surface area contributed by atoms with Crippen LogP contribution in [0.5, 0.6) is 0 Å². The van der Waals surface area contributed by atoms with Crippen molar-refractivity contribution in [2.24, 2.45) is 0 Å². The summed E-state index contributed by atoms with van der Waals surface area (Å²) in [6, 6.07) is 30.0. The fourth-order valence-corrected chi connectivity index (χ4v) is 4.77. The molecule has 31 heavy (non-hydrogen) atoms. The van der Waals surface area contributed by atoms with Crippen LogP contribution >= 0.6 is 11.3 Å². The van der Waals surface area contributed by atoms with Gasteiger partial charge in [-0.05, 0) is 18.1 Å². The first-order valence-electron chi connectivity index (χ1n) is 10.2. The van der Waals surface area contributed by atoms with E-state index in [0.717, 1.165) is 33.0 Å². The van der Waals surface area contributed by atoms with E-state index in [9.17, 15) is 4.79 Å². The molecule has 0 saturated carbocycles. The first-order chi connectivity index (χ1) is 15.2. The Balaban J connectivity index is 1.47. The van der Waals surface area contributed by atoms with Crippen molar-refractivity contribution >= 4 is 22.2 Å². The van der Waals surface area contributed by atoms with Gasteiger partial charge in [0.05, 0.1) is 11.7 Å². The number of rotatable bonds is 5. The van der Waals surface area contributed by atoms with Gasteiger partial charge in [-0.3, -0.25) is 9.20 Å². The van der Waals surface area contributed by atoms with Crippen LogP contribution in [0.4, 0.5) is 0 Å². The molecule has 0 radical (unpaired) electrons. The fourth-order valence-electron chi connectivity index (χ4n) is 3.76. The van der Waals surface area contributed by atoms with E-state index in [4.69, 9.17) is 4.98 Å². The maximum atomic E-state index is 13.3. The minimum absolute atomic E-state index is 0.0908. The number of fused-ring (bicyclic) bond motifs is 1. The van der Waals surface area contributed by atoms with Gasteiger partial charge in [0.15, 0.2) is 4.96 Å². The van der Waals surface area contributed by atoms with Crippen molar-refractivity contribution in [2.75, 3.05) is 0 Å². The first kappa shape index (κ1) is 19.3. The molecule has 0 spiro atoms. The van der Waals surface area contributed by atoms with Crippen LogP contribution in [0.3, 0.4) is 0 Å². The molecular weight excluding hydrogens is 402 g/mol. The summed E-state index contributed by atoms with van der Waals surface area (Å²) in [4.78, 5) is 19.5. The van der Waals surface area contributed by atoms with Crippen LogP contribution in [0.1, 0.15) is 32.5 Å². The third kappa shape index (κ3) is 3.76. The Hall–Kier alpha value is -3.70. The summed E-state index contributed by atoms with van der Waals surface area (Å²) >= 11 is 1.42. The number of amides is 1. The molecule has 4 nitrogen and oxygen atoms in total. The lowest BCUT2D eigenvalue weighted by atomic mass is 9.98. The van der Waals surface area contributed by atoms with Crippen LogP contribution in [0.15, 0.2) is 97.2 Å². The number of benzene rings is 3. The minimum Gasteiger partial charge on any atom is -0.340 e. The predicted molar refractivity (Wildman–Crippen MR) is 125 cm³/mol. The van der Waals surface area contributed by atoms with Crippen LogP contribution in [0.25, 0.3) is 16.2 Å². The Morgan fingerprint density at radius 3 is 1.97 bits per heavy atom. The molecule has 5 aromatic rings. The van der Waals surface area contributed by atoms with E-state index in [1.54, 1.807) is 0 Å². The lowest BCUT2D eigenvalue weighted by molar-refractivity contribution is 0.0946. The highest BCUT2D eigenvalue weighted by Gasteiger charge is 2.22. The third-order valence-electron chi connectivity index (χ3n) is 5.37. The predicted octanol–water partition coefficient (Wildman–Crippen LogP) is 5.89. The number of thiazole rings is 1. The van der Waals surface area contributed by atoms with E-state index in [1.807, 2.05) is 109 Å². The number of carbonyl (C=O) groups is 1. The summed E-state index contributed by atoms with van der Waals surface area (Å²) in [5, 5.41) is 3.23. The van der Waals surface area contributed by atoms with E-state index in [0.29, 0.717) is 4.88 Å². The molecule has 1 amide bonds. The Morgan fingerprint density at radius 1 is 0.871 bits per heavy atom. The van der Waals surface area contributed by atoms with Gasteiger partial charge in [0, 0.05) is 17.5 Å². The zero-order chi connectivity index (χ0) is 21.2. The van der Waals surface area contributed by atoms with Gasteiger partial charge in [-0.15, -0.1) is 0 Å². The number of aryl methyl sites for hydroxylation is 1. The van der Waals surface area contributed by atoms with Gasteiger partial charge < -0.3 is 5.32 Å². The molecule has 152 valence electrons. The number of hydrogen-bond acceptors (Lipinski definition) is 3. The first-order valence-corrected chi connectivity index (χ1v) is 11.0. The van der Waals surface area contributed by atoms with Crippen molar-refractivity contribution in [1.82, 2.24) is 14.7 Å². The minimum atomic E-state index is -0.219. The van der Waals surface area contributed by atoms with Crippen molar-refractivity contribution in [2.45, 2.75) is 13.0 Å². The number of nitrogens with one attached hydrogen (secondary N) is 1. The molecule has 3 aromatic carbocycles. The molecule has 1 N–H and O–H groups in total. The topological polar surface area (TPSA) is 46.4 Å². The van der Waals surface area contributed by atoms with E-state index >= 15 is 0 Å². The largest absolute Gasteiger partial charge is 0.340 e. The molecule has 0 aliphatic rings. The fraction of sp³-hybridized carbons (Fsp3) is 0.0769. The van der Waals surface area contributed by atoms with Crippen LogP contribution in [-0.4, -0.2) is 15.3 Å². The molecule has 0 aliphatic carbocycles. The highest BCUT2D eigenvalue weighted by molar-refractivity contribution is 7.19. The number of imidazole rings is 1. The van der Waals surface area contributed by atoms with E-state index < -0.39 is 0 Å². The maximum absolute atomic E-state index is 13.3. The van der Waals surface area contributed by atoms with E-state index in [-0.39, 0.29) is 11.9 Å². The van der Waals surface area contributed by atoms with Crippen molar-refractivity contribution < 1.29 is 4.79 Å². The molecule has 0 unspecified atom stereocenters. The zero-order valence-corrected chi connectivity index (χ0v) is 17.8. The van der Waals surface area contributed by atoms with Crippen molar-refractivity contribution in [3.05, 3.63) is 119 Å². The molecule has 0 saturated heterocycles. The zero-order valence-electron chi connectivity index (χ0n) is 17.0. The van der Waals surface area contributed by atoms with Crippen LogP contribution in [0.2, 0.25) is 0 Å². The Labute approximate surface area is 184 Å². The van der Waals surface area contributed by atoms with Crippen molar-refractivity contribution in [3.8, 4) is 11.3 Å². The highest BCUT2D eigenvalue weighted by atomic mass is 32.1. The Kier molecular flexibility index (Phi) is 5.10. The molecular formula is C26H21N3OS. The monoisotopic (exact) mass is 423 g/mol. The van der Waals surface area contributed by atoms with Gasteiger partial charge in [-0.25, -0.2) is 4.98 Å². The van der Waals surface area contributed by atoms with E-state index in [1.165, 1.54) is 11.3 Å². The highest BCUT2D eigenvalue weighted by Crippen LogP contribution is 2.28. The second-order valence-electron chi connectivity index (χ2n) is 7.39. The summed E-state index contributed by atoms with van der Waals surface area (Å²) in [6.45, 7) is 1.97. The second kappa shape index (κ2) is 8.20. The summed E-state index contributed by atoms with van der Waals surface area (Å²) in [7, 11) is 0. The Bertz CT molecular complexity index is 1290. The number of hydrogen-bond donors (Lipinski definition) is 1. The van der Waals surface area contributed by atoms with Gasteiger partial charge in [0.2, 0.25) is 0 Å². The summed E-state index contributed by atoms with van der Waals surface area (Å²) in [5.41, 5.74) is 4.97. The molecule has 5 heteroatoms. The lowest BCUT2D eigenvalue weighted by Gasteiger charge is -2.19. The van der Waals surface area contributed by atoms with Crippen molar-refractivity contribution in [1.29, 1.82) is 0 Å². The standard InChI is InChI=1S/C26H21N3OS/c1-18-24(31-26-27-22(17-29(18)26)19-11-5-2-6-12-19)25(30)28-23(20-13-7-3-8-14-20)21-15-9-4-10-16-21/h2-17,23H,1H3,(H,28,30). The Morgan fingerprint density at radius 2 is 1.42 bits per heavy atom. The van der Waals surface area contributed by atoms with Gasteiger partial charge in [0.25, 0.3) is 5.91 Å². The lowest BCUT2D eigenvalue weighted by Crippen LogP contribution is -2.29. The SMILES string of the molecule is Cc1c(C(=O)NC(c2ccccc2)c2ccccc2)sc2nc(-c3ccccc3)cn12. The summed E-state index contributed by atoms with van der Waals surface area (Å²) < 4.78 is 2.00. The third-order valence-corrected chi connectivity index (χ3v) is 6.53. The van der Waals surface area contributed by atoms with Crippen LogP contribution in [-0.2, 0) is 0 Å². The van der Waals surface area contributed by atoms with Crippen LogP contribution < -0.4 is 5.32 Å². The van der Waals surface area contributed by atoms with Gasteiger partial charge in [0.1, 0.15) is 4.88 Å². The summed E-state index contributed by atoms with van der Waals surface area (Å²) in [6.07, 6.45) is 2.00. The van der Waals surface area contributed by atoms with Crippen molar-refractivity contribution in [3.63, 3.8) is 0 Å². The quantitative estimate of drug-likeness (QED) is 0.383. The molecule has 0 aliphatic heterocycles. The normalized spacial score (nSPS) is 11.2. The molecule has 0 fully saturated rings. The molecule has 2 aromatic heterocycles. The van der Waals surface area contributed by atoms with Gasteiger partial charge in [-0.2, -0.15) is 0 Å². The smallest absolute Gasteiger partial charge is 0.264 e. The number of nitrogens with zero attached hydrogens (tertiary/aromatic N) is 2. The molecule has 0 bridgehead atoms. The number of carbonyl (C=O) groups excluding carboxylic acids is 1. The van der Waals surface area contributed by atoms with Crippen LogP contribution in [0, 0.1) is 6.92 Å². The second-order valence-corrected chi connectivity index (χ2v) is 8.37.